The normalized spacial score (nSPS) is 18.0. The molecule has 6 heteroatoms. The van der Waals surface area contributed by atoms with E-state index in [0.717, 1.165) is 11.1 Å². The van der Waals surface area contributed by atoms with Crippen molar-refractivity contribution < 1.29 is 24.6 Å². The number of carbonyl (C=O) groups excluding carboxylic acids is 2. The number of carboxylic acids is 1. The SMILES string of the molecule is Cc1ccc(C2/C(=C(\O)c3ccccc3)C(=O)C(=O)N2CCCCCC(=O)O)cc1. The fourth-order valence-corrected chi connectivity index (χ4v) is 3.69. The molecule has 2 N–H and O–H groups in total. The summed E-state index contributed by atoms with van der Waals surface area (Å²) in [5.74, 6) is -2.38. The lowest BCUT2D eigenvalue weighted by atomic mass is 9.94. The first-order valence-corrected chi connectivity index (χ1v) is 10.0. The van der Waals surface area contributed by atoms with Gasteiger partial charge in [-0.1, -0.05) is 66.6 Å². The number of aryl methyl sites for hydroxylation is 1. The molecular formula is C24H25NO5. The first-order chi connectivity index (χ1) is 14.4. The Labute approximate surface area is 175 Å². The number of aliphatic hydroxyl groups excluding tert-OH is 1. The molecule has 1 amide bonds. The first kappa shape index (κ1) is 21.3. The van der Waals surface area contributed by atoms with E-state index in [9.17, 15) is 19.5 Å². The van der Waals surface area contributed by atoms with Gasteiger partial charge >= 0.3 is 5.97 Å². The number of ketones is 1. The lowest BCUT2D eigenvalue weighted by molar-refractivity contribution is -0.140. The molecule has 0 bridgehead atoms. The first-order valence-electron chi connectivity index (χ1n) is 10.0. The third kappa shape index (κ3) is 4.59. The monoisotopic (exact) mass is 407 g/mol. The van der Waals surface area contributed by atoms with Gasteiger partial charge in [0.1, 0.15) is 5.76 Å². The molecule has 1 atom stereocenters. The molecule has 156 valence electrons. The van der Waals surface area contributed by atoms with Gasteiger partial charge in [0, 0.05) is 18.5 Å². The van der Waals surface area contributed by atoms with Crippen LogP contribution in [-0.2, 0) is 14.4 Å². The molecule has 30 heavy (non-hydrogen) atoms. The number of amides is 1. The summed E-state index contributed by atoms with van der Waals surface area (Å²) in [5, 5.41) is 19.7. The zero-order valence-corrected chi connectivity index (χ0v) is 16.9. The summed E-state index contributed by atoms with van der Waals surface area (Å²) in [6.45, 7) is 2.27. The van der Waals surface area contributed by atoms with E-state index in [1.165, 1.54) is 4.90 Å². The van der Waals surface area contributed by atoms with Crippen LogP contribution in [0.1, 0.15) is 48.4 Å². The number of hydrogen-bond acceptors (Lipinski definition) is 4. The van der Waals surface area contributed by atoms with Gasteiger partial charge < -0.3 is 15.1 Å². The van der Waals surface area contributed by atoms with E-state index in [1.54, 1.807) is 24.3 Å². The summed E-state index contributed by atoms with van der Waals surface area (Å²) in [6, 6.07) is 15.6. The molecule has 0 spiro atoms. The predicted molar refractivity (Wildman–Crippen MR) is 113 cm³/mol. The Morgan fingerprint density at radius 3 is 2.23 bits per heavy atom. The van der Waals surface area contributed by atoms with Gasteiger partial charge in [-0.3, -0.25) is 14.4 Å². The van der Waals surface area contributed by atoms with E-state index in [2.05, 4.69) is 0 Å². The van der Waals surface area contributed by atoms with E-state index in [-0.39, 0.29) is 17.8 Å². The number of nitrogens with zero attached hydrogens (tertiary/aromatic N) is 1. The summed E-state index contributed by atoms with van der Waals surface area (Å²) < 4.78 is 0. The largest absolute Gasteiger partial charge is 0.507 e. The molecule has 0 aromatic heterocycles. The standard InChI is InChI=1S/C24H25NO5/c1-16-11-13-17(14-12-16)21-20(22(28)18-8-4-2-5-9-18)23(29)24(30)25(21)15-7-3-6-10-19(26)27/h2,4-5,8-9,11-14,21,28H,3,6-7,10,15H2,1H3,(H,26,27)/b22-20+. The van der Waals surface area contributed by atoms with Gasteiger partial charge in [0.2, 0.25) is 0 Å². The van der Waals surface area contributed by atoms with Crippen LogP contribution in [0.2, 0.25) is 0 Å². The van der Waals surface area contributed by atoms with Crippen molar-refractivity contribution in [2.45, 2.75) is 38.6 Å². The summed E-state index contributed by atoms with van der Waals surface area (Å²) in [5.41, 5.74) is 2.37. The molecule has 2 aromatic rings. The van der Waals surface area contributed by atoms with Crippen LogP contribution in [0.5, 0.6) is 0 Å². The molecule has 0 radical (unpaired) electrons. The summed E-state index contributed by atoms with van der Waals surface area (Å²) >= 11 is 0. The Morgan fingerprint density at radius 1 is 0.933 bits per heavy atom. The van der Waals surface area contributed by atoms with Crippen molar-refractivity contribution in [2.75, 3.05) is 6.54 Å². The van der Waals surface area contributed by atoms with Gasteiger partial charge in [0.05, 0.1) is 11.6 Å². The van der Waals surface area contributed by atoms with Crippen LogP contribution >= 0.6 is 0 Å². The van der Waals surface area contributed by atoms with Crippen molar-refractivity contribution in [1.29, 1.82) is 0 Å². The second kappa shape index (κ2) is 9.39. The van der Waals surface area contributed by atoms with Crippen LogP contribution in [0.3, 0.4) is 0 Å². The fourth-order valence-electron chi connectivity index (χ4n) is 3.69. The van der Waals surface area contributed by atoms with E-state index >= 15 is 0 Å². The van der Waals surface area contributed by atoms with Gasteiger partial charge in [-0.05, 0) is 25.3 Å². The van der Waals surface area contributed by atoms with Crippen molar-refractivity contribution in [3.8, 4) is 0 Å². The van der Waals surface area contributed by atoms with Crippen molar-refractivity contribution >= 4 is 23.4 Å². The average molecular weight is 407 g/mol. The van der Waals surface area contributed by atoms with Crippen LogP contribution in [-0.4, -0.2) is 39.3 Å². The number of carboxylic acid groups (broad SMARTS) is 1. The molecule has 1 unspecified atom stereocenters. The lowest BCUT2D eigenvalue weighted by Gasteiger charge is -2.25. The molecule has 1 fully saturated rings. The Bertz CT molecular complexity index is 963. The van der Waals surface area contributed by atoms with Gasteiger partial charge in [0.15, 0.2) is 0 Å². The highest BCUT2D eigenvalue weighted by atomic mass is 16.4. The Morgan fingerprint density at radius 2 is 1.60 bits per heavy atom. The number of benzene rings is 2. The third-order valence-corrected chi connectivity index (χ3v) is 5.27. The molecule has 2 aromatic carbocycles. The van der Waals surface area contributed by atoms with E-state index in [0.29, 0.717) is 31.4 Å². The van der Waals surface area contributed by atoms with Gasteiger partial charge in [0.25, 0.3) is 11.7 Å². The number of carbonyl (C=O) groups is 3. The minimum Gasteiger partial charge on any atom is -0.507 e. The molecule has 0 saturated carbocycles. The number of unbranched alkanes of at least 4 members (excludes halogenated alkanes) is 2. The second-order valence-corrected chi connectivity index (χ2v) is 7.47. The number of rotatable bonds is 8. The summed E-state index contributed by atoms with van der Waals surface area (Å²) in [4.78, 5) is 37.9. The summed E-state index contributed by atoms with van der Waals surface area (Å²) in [7, 11) is 0. The maximum absolute atomic E-state index is 12.9. The number of aliphatic hydroxyl groups is 1. The number of hydrogen-bond donors (Lipinski definition) is 2. The zero-order chi connectivity index (χ0) is 21.7. The molecule has 1 aliphatic heterocycles. The highest BCUT2D eigenvalue weighted by Crippen LogP contribution is 2.39. The van der Waals surface area contributed by atoms with Crippen molar-refractivity contribution in [3.63, 3.8) is 0 Å². The predicted octanol–water partition coefficient (Wildman–Crippen LogP) is 4.06. The zero-order valence-electron chi connectivity index (χ0n) is 16.9. The molecular weight excluding hydrogens is 382 g/mol. The smallest absolute Gasteiger partial charge is 0.303 e. The number of aliphatic carboxylic acids is 1. The van der Waals surface area contributed by atoms with E-state index in [1.807, 2.05) is 37.3 Å². The van der Waals surface area contributed by atoms with Crippen LogP contribution in [0, 0.1) is 6.92 Å². The average Bonchev–Trinajstić information content (AvgIpc) is 2.99. The van der Waals surface area contributed by atoms with Crippen LogP contribution < -0.4 is 0 Å². The molecule has 6 nitrogen and oxygen atoms in total. The number of Topliss-reactive ketones (excluding diaryl/α,β-unsaturated/α-hetero) is 1. The maximum Gasteiger partial charge on any atom is 0.303 e. The molecule has 1 saturated heterocycles. The second-order valence-electron chi connectivity index (χ2n) is 7.47. The Kier molecular flexibility index (Phi) is 6.67. The Balaban J connectivity index is 1.95. The molecule has 1 heterocycles. The lowest BCUT2D eigenvalue weighted by Crippen LogP contribution is -2.30. The van der Waals surface area contributed by atoms with E-state index < -0.39 is 23.7 Å². The number of likely N-dealkylation sites (tertiary alicyclic amines) is 1. The minimum atomic E-state index is -0.849. The van der Waals surface area contributed by atoms with Gasteiger partial charge in [-0.2, -0.15) is 0 Å². The van der Waals surface area contributed by atoms with Gasteiger partial charge in [-0.15, -0.1) is 0 Å². The summed E-state index contributed by atoms with van der Waals surface area (Å²) in [6.07, 6.45) is 1.80. The van der Waals surface area contributed by atoms with Crippen molar-refractivity contribution in [2.24, 2.45) is 0 Å². The molecule has 3 rings (SSSR count). The van der Waals surface area contributed by atoms with Crippen molar-refractivity contribution in [1.82, 2.24) is 4.90 Å². The highest BCUT2D eigenvalue weighted by molar-refractivity contribution is 6.46. The fraction of sp³-hybridized carbons (Fsp3) is 0.292. The topological polar surface area (TPSA) is 94.9 Å². The van der Waals surface area contributed by atoms with Gasteiger partial charge in [-0.25, -0.2) is 0 Å². The highest BCUT2D eigenvalue weighted by Gasteiger charge is 2.45. The third-order valence-electron chi connectivity index (χ3n) is 5.27. The van der Waals surface area contributed by atoms with Crippen LogP contribution in [0.15, 0.2) is 60.2 Å². The van der Waals surface area contributed by atoms with Crippen LogP contribution in [0.25, 0.3) is 5.76 Å². The molecule has 0 aliphatic carbocycles. The van der Waals surface area contributed by atoms with Crippen LogP contribution in [0.4, 0.5) is 0 Å². The quantitative estimate of drug-likeness (QED) is 0.298. The minimum absolute atomic E-state index is 0.0776. The van der Waals surface area contributed by atoms with E-state index in [4.69, 9.17) is 5.11 Å². The maximum atomic E-state index is 12.9. The van der Waals surface area contributed by atoms with Crippen molar-refractivity contribution in [3.05, 3.63) is 76.9 Å². The Hall–Kier alpha value is -3.41. The molecule has 1 aliphatic rings.